The fourth-order valence-electron chi connectivity index (χ4n) is 1.45. The molecule has 1 aromatic heterocycles. The summed E-state index contributed by atoms with van der Waals surface area (Å²) in [5.41, 5.74) is 1.05. The lowest BCUT2D eigenvalue weighted by Crippen LogP contribution is -2.27. The highest BCUT2D eigenvalue weighted by Crippen LogP contribution is 1.98. The first-order valence-corrected chi connectivity index (χ1v) is 5.93. The Morgan fingerprint density at radius 3 is 2.86 bits per heavy atom. The molecule has 0 amide bonds. The van der Waals surface area contributed by atoms with Crippen LogP contribution in [-0.4, -0.2) is 13.6 Å². The van der Waals surface area contributed by atoms with Gasteiger partial charge in [-0.2, -0.15) is 0 Å². The van der Waals surface area contributed by atoms with E-state index in [4.69, 9.17) is 9.66 Å². The van der Waals surface area contributed by atoms with E-state index in [9.17, 15) is 8.42 Å². The van der Waals surface area contributed by atoms with Crippen LogP contribution in [0.4, 0.5) is 0 Å². The Kier molecular flexibility index (Phi) is 2.16. The topological polar surface area (TPSA) is 86.2 Å². The van der Waals surface area contributed by atoms with Crippen molar-refractivity contribution in [2.75, 3.05) is 0 Å². The molecule has 1 aliphatic rings. The second kappa shape index (κ2) is 3.21. The minimum Gasteiger partial charge on any atom is -0.356 e. The van der Waals surface area contributed by atoms with Crippen molar-refractivity contribution in [3.8, 4) is 0 Å². The lowest BCUT2D eigenvalue weighted by atomic mass is 10.1. The maximum atomic E-state index is 10.9. The molecule has 2 N–H and O–H groups in total. The highest BCUT2D eigenvalue weighted by Gasteiger charge is 2.12. The Balaban J connectivity index is 2.53. The van der Waals surface area contributed by atoms with Gasteiger partial charge in [0, 0.05) is 5.22 Å². The summed E-state index contributed by atoms with van der Waals surface area (Å²) < 4.78 is 26.7. The number of fused-ring (bicyclic) bond motifs is 1. The van der Waals surface area contributed by atoms with Crippen LogP contribution in [0.25, 0.3) is 12.2 Å². The molecule has 1 aromatic rings. The second-order valence-corrected chi connectivity index (χ2v) is 4.81. The Morgan fingerprint density at radius 2 is 2.14 bits per heavy atom. The van der Waals surface area contributed by atoms with Gasteiger partial charge in [-0.15, -0.1) is 0 Å². The zero-order valence-corrected chi connectivity index (χ0v) is 8.25. The Hall–Kier alpha value is -1.14. The number of aromatic nitrogens is 1. The number of hydrogen-bond acceptors (Lipinski definition) is 4. The van der Waals surface area contributed by atoms with E-state index < -0.39 is 10.0 Å². The fourth-order valence-corrected chi connectivity index (χ4v) is 2.04. The number of primary sulfonamides is 1. The second-order valence-electron chi connectivity index (χ2n) is 3.20. The first-order valence-electron chi connectivity index (χ1n) is 4.22. The molecule has 0 spiro atoms. The molecule has 5 nitrogen and oxygen atoms in total. The maximum absolute atomic E-state index is 10.9. The summed E-state index contributed by atoms with van der Waals surface area (Å²) in [6, 6.07) is 0. The summed E-state index contributed by atoms with van der Waals surface area (Å²) in [5, 5.41) is 9.38. The smallest absolute Gasteiger partial charge is 0.214 e. The predicted molar refractivity (Wildman–Crippen MR) is 50.7 cm³/mol. The molecule has 0 aliphatic heterocycles. The van der Waals surface area contributed by atoms with Crippen molar-refractivity contribution < 1.29 is 12.9 Å². The van der Waals surface area contributed by atoms with Crippen molar-refractivity contribution in [1.29, 1.82) is 0 Å². The van der Waals surface area contributed by atoms with Crippen LogP contribution in [0.2, 0.25) is 0 Å². The van der Waals surface area contributed by atoms with Crippen molar-refractivity contribution in [2.24, 2.45) is 5.14 Å². The molecule has 14 heavy (non-hydrogen) atoms. The molecule has 0 bridgehead atoms. The summed E-state index contributed by atoms with van der Waals surface area (Å²) >= 11 is 0. The van der Waals surface area contributed by atoms with Gasteiger partial charge in [-0.1, -0.05) is 11.2 Å². The first kappa shape index (κ1) is 9.42. The lowest BCUT2D eigenvalue weighted by molar-refractivity contribution is 0.388. The summed E-state index contributed by atoms with van der Waals surface area (Å²) in [6.07, 6.45) is 5.60. The largest absolute Gasteiger partial charge is 0.356 e. The van der Waals surface area contributed by atoms with Crippen LogP contribution in [0, 0.1) is 0 Å². The standard InChI is InChI=1S/C8H10N2O3S/c9-14(11,12)5-7-6-3-1-2-4-8(6)13-10-7/h3-4H,1-2,5H2,(H2,9,11,12). The van der Waals surface area contributed by atoms with Gasteiger partial charge < -0.3 is 4.52 Å². The van der Waals surface area contributed by atoms with Gasteiger partial charge in [-0.3, -0.25) is 0 Å². The Labute approximate surface area is 80.9 Å². The maximum Gasteiger partial charge on any atom is 0.214 e. The monoisotopic (exact) mass is 214 g/mol. The van der Waals surface area contributed by atoms with Gasteiger partial charge >= 0.3 is 0 Å². The number of nitrogens with zero attached hydrogens (tertiary/aromatic N) is 1. The highest BCUT2D eigenvalue weighted by molar-refractivity contribution is 7.88. The molecule has 1 aliphatic carbocycles. The van der Waals surface area contributed by atoms with E-state index in [1.807, 2.05) is 12.2 Å². The van der Waals surface area contributed by atoms with Crippen molar-refractivity contribution in [3.63, 3.8) is 0 Å². The van der Waals surface area contributed by atoms with Gasteiger partial charge in [0.2, 0.25) is 10.0 Å². The number of rotatable bonds is 2. The fraction of sp³-hybridized carbons (Fsp3) is 0.375. The third kappa shape index (κ3) is 1.85. The summed E-state index contributed by atoms with van der Waals surface area (Å²) in [4.78, 5) is 0. The van der Waals surface area contributed by atoms with Gasteiger partial charge in [0.05, 0.1) is 0 Å². The van der Waals surface area contributed by atoms with Crippen LogP contribution in [-0.2, 0) is 15.8 Å². The molecule has 6 heteroatoms. The van der Waals surface area contributed by atoms with E-state index in [2.05, 4.69) is 5.16 Å². The normalized spacial score (nSPS) is 15.5. The van der Waals surface area contributed by atoms with Gasteiger partial charge in [-0.25, -0.2) is 13.6 Å². The molecule has 0 unspecified atom stereocenters. The molecular formula is C8H10N2O3S. The van der Waals surface area contributed by atoms with Crippen molar-refractivity contribution in [1.82, 2.24) is 5.16 Å². The van der Waals surface area contributed by atoms with Crippen molar-refractivity contribution >= 4 is 22.2 Å². The average Bonchev–Trinajstić information content (AvgIpc) is 2.47. The zero-order valence-electron chi connectivity index (χ0n) is 7.43. The molecule has 0 atom stereocenters. The third-order valence-electron chi connectivity index (χ3n) is 2.01. The Bertz CT molecular complexity index is 556. The van der Waals surface area contributed by atoms with E-state index >= 15 is 0 Å². The SMILES string of the molecule is NS(=O)(=O)Cc1noc2c1=CCCC=2. The van der Waals surface area contributed by atoms with Crippen LogP contribution in [0.15, 0.2) is 4.52 Å². The molecule has 0 saturated heterocycles. The van der Waals surface area contributed by atoms with Crippen LogP contribution >= 0.6 is 0 Å². The number of hydrogen-bond donors (Lipinski definition) is 1. The first-order chi connectivity index (χ1) is 6.56. The van der Waals surface area contributed by atoms with Gasteiger partial charge in [-0.05, 0) is 18.9 Å². The van der Waals surface area contributed by atoms with E-state index in [0.717, 1.165) is 18.1 Å². The summed E-state index contributed by atoms with van der Waals surface area (Å²) in [5.74, 6) is -0.268. The number of nitrogens with two attached hydrogens (primary N) is 1. The lowest BCUT2D eigenvalue weighted by Gasteiger charge is -1.94. The number of sulfonamides is 1. The van der Waals surface area contributed by atoms with E-state index in [1.165, 1.54) is 0 Å². The summed E-state index contributed by atoms with van der Waals surface area (Å²) in [6.45, 7) is 0. The Morgan fingerprint density at radius 1 is 1.43 bits per heavy atom. The molecule has 2 rings (SSSR count). The van der Waals surface area contributed by atoms with E-state index in [1.54, 1.807) is 0 Å². The van der Waals surface area contributed by atoms with E-state index in [0.29, 0.717) is 11.1 Å². The quantitative estimate of drug-likeness (QED) is 0.671. The van der Waals surface area contributed by atoms with E-state index in [-0.39, 0.29) is 5.75 Å². The third-order valence-corrected chi connectivity index (χ3v) is 2.69. The van der Waals surface area contributed by atoms with Crippen LogP contribution in [0.3, 0.4) is 0 Å². The highest BCUT2D eigenvalue weighted by atomic mass is 32.2. The van der Waals surface area contributed by atoms with Gasteiger partial charge in [0.25, 0.3) is 0 Å². The minimum atomic E-state index is -3.54. The zero-order chi connectivity index (χ0) is 10.2. The summed E-state index contributed by atoms with van der Waals surface area (Å²) in [7, 11) is -3.54. The van der Waals surface area contributed by atoms with Gasteiger partial charge in [0.15, 0.2) is 5.42 Å². The molecule has 76 valence electrons. The molecular weight excluding hydrogens is 204 g/mol. The average molecular weight is 214 g/mol. The minimum absolute atomic E-state index is 0.268. The molecule has 0 aromatic carbocycles. The van der Waals surface area contributed by atoms with Crippen LogP contribution in [0.1, 0.15) is 18.5 Å². The van der Waals surface area contributed by atoms with Crippen molar-refractivity contribution in [3.05, 3.63) is 16.3 Å². The molecule has 0 radical (unpaired) electrons. The predicted octanol–water partition coefficient (Wildman–Crippen LogP) is -1.18. The van der Waals surface area contributed by atoms with Crippen LogP contribution in [0.5, 0.6) is 0 Å². The molecule has 0 fully saturated rings. The molecule has 0 saturated carbocycles. The van der Waals surface area contributed by atoms with Gasteiger partial charge in [0.1, 0.15) is 11.4 Å². The van der Waals surface area contributed by atoms with Crippen LogP contribution < -0.4 is 15.8 Å². The van der Waals surface area contributed by atoms with Crippen molar-refractivity contribution in [2.45, 2.75) is 18.6 Å². The molecule has 1 heterocycles.